The van der Waals surface area contributed by atoms with Gasteiger partial charge in [-0.1, -0.05) is 18.2 Å². The molecule has 0 saturated carbocycles. The summed E-state index contributed by atoms with van der Waals surface area (Å²) in [5.74, 6) is 0.983. The number of sulfonamides is 1. The number of amides is 1. The Morgan fingerprint density at radius 3 is 2.58 bits per heavy atom. The molecular formula is C23H20N2O5S. The van der Waals surface area contributed by atoms with Crippen LogP contribution in [-0.4, -0.2) is 27.2 Å². The van der Waals surface area contributed by atoms with Crippen LogP contribution in [0.15, 0.2) is 71.6 Å². The molecule has 1 N–H and O–H groups in total. The standard InChI is InChI=1S/C23H20N2O5S/c1-15-11-17-12-19(8-9-20(17)25(15)23(26)16-5-3-2-4-6-16)31(27,28)24-18-7-10-21-22(13-18)30-14-29-21/h2-10,12-13,15,24H,11,14H2,1H3/t15-/m0/s1. The predicted octanol–water partition coefficient (Wildman–Crippen LogP) is 3.81. The van der Waals surface area contributed by atoms with Gasteiger partial charge in [0.15, 0.2) is 11.5 Å². The van der Waals surface area contributed by atoms with Gasteiger partial charge in [0.1, 0.15) is 0 Å². The van der Waals surface area contributed by atoms with E-state index in [4.69, 9.17) is 9.47 Å². The minimum Gasteiger partial charge on any atom is -0.454 e. The Kier molecular flexibility index (Phi) is 4.59. The quantitative estimate of drug-likeness (QED) is 0.672. The van der Waals surface area contributed by atoms with Crippen LogP contribution in [-0.2, 0) is 16.4 Å². The van der Waals surface area contributed by atoms with Gasteiger partial charge in [-0.2, -0.15) is 0 Å². The van der Waals surface area contributed by atoms with Gasteiger partial charge in [0.05, 0.1) is 10.6 Å². The largest absolute Gasteiger partial charge is 0.454 e. The summed E-state index contributed by atoms with van der Waals surface area (Å²) in [4.78, 5) is 14.9. The first-order chi connectivity index (χ1) is 14.9. The molecule has 0 aromatic heterocycles. The Morgan fingerprint density at radius 2 is 1.77 bits per heavy atom. The summed E-state index contributed by atoms with van der Waals surface area (Å²) in [6.07, 6.45) is 0.585. The maximum Gasteiger partial charge on any atom is 0.261 e. The number of carbonyl (C=O) groups is 1. The number of hydrogen-bond acceptors (Lipinski definition) is 5. The van der Waals surface area contributed by atoms with E-state index in [1.54, 1.807) is 47.4 Å². The third kappa shape index (κ3) is 3.48. The maximum atomic E-state index is 13.0. The Bertz CT molecular complexity index is 1270. The van der Waals surface area contributed by atoms with Crippen LogP contribution in [0.4, 0.5) is 11.4 Å². The first-order valence-electron chi connectivity index (χ1n) is 9.86. The van der Waals surface area contributed by atoms with Crippen molar-refractivity contribution >= 4 is 27.3 Å². The Labute approximate surface area is 180 Å². The molecule has 0 unspecified atom stereocenters. The van der Waals surface area contributed by atoms with Crippen LogP contribution in [0.3, 0.4) is 0 Å². The summed E-state index contributed by atoms with van der Waals surface area (Å²) in [6, 6.07) is 18.8. The molecule has 0 spiro atoms. The van der Waals surface area contributed by atoms with Gasteiger partial charge in [0, 0.05) is 23.4 Å². The van der Waals surface area contributed by atoms with Gasteiger partial charge in [-0.15, -0.1) is 0 Å². The molecule has 3 aromatic rings. The zero-order valence-corrected chi connectivity index (χ0v) is 17.6. The minimum atomic E-state index is -3.81. The van der Waals surface area contributed by atoms with Crippen molar-refractivity contribution in [1.29, 1.82) is 0 Å². The topological polar surface area (TPSA) is 84.9 Å². The number of fused-ring (bicyclic) bond motifs is 2. The normalized spacial score (nSPS) is 16.8. The van der Waals surface area contributed by atoms with Crippen LogP contribution in [0.1, 0.15) is 22.8 Å². The summed E-state index contributed by atoms with van der Waals surface area (Å²) in [7, 11) is -3.81. The first-order valence-corrected chi connectivity index (χ1v) is 11.3. The zero-order valence-electron chi connectivity index (χ0n) is 16.7. The van der Waals surface area contributed by atoms with Gasteiger partial charge in [-0.3, -0.25) is 9.52 Å². The maximum absolute atomic E-state index is 13.0. The van der Waals surface area contributed by atoms with Crippen molar-refractivity contribution in [2.75, 3.05) is 16.4 Å². The van der Waals surface area contributed by atoms with E-state index in [0.29, 0.717) is 29.2 Å². The molecule has 7 nitrogen and oxygen atoms in total. The van der Waals surface area contributed by atoms with Crippen molar-refractivity contribution in [3.63, 3.8) is 0 Å². The highest BCUT2D eigenvalue weighted by Gasteiger charge is 2.32. The lowest BCUT2D eigenvalue weighted by molar-refractivity contribution is 0.0981. The molecule has 2 aliphatic heterocycles. The SMILES string of the molecule is C[C@H]1Cc2cc(S(=O)(=O)Nc3ccc4c(c3)OCO4)ccc2N1C(=O)c1ccccc1. The van der Waals surface area contributed by atoms with Crippen LogP contribution in [0.5, 0.6) is 11.5 Å². The lowest BCUT2D eigenvalue weighted by Crippen LogP contribution is -2.35. The van der Waals surface area contributed by atoms with Crippen molar-refractivity contribution in [3.05, 3.63) is 77.9 Å². The molecule has 5 rings (SSSR count). The number of nitrogens with zero attached hydrogens (tertiary/aromatic N) is 1. The van der Waals surface area contributed by atoms with Gasteiger partial charge in [-0.25, -0.2) is 8.42 Å². The zero-order chi connectivity index (χ0) is 21.6. The second-order valence-corrected chi connectivity index (χ2v) is 9.24. The van der Waals surface area contributed by atoms with E-state index in [2.05, 4.69) is 4.72 Å². The van der Waals surface area contributed by atoms with Crippen molar-refractivity contribution in [2.24, 2.45) is 0 Å². The number of carbonyl (C=O) groups excluding carboxylic acids is 1. The van der Waals surface area contributed by atoms with Gasteiger partial charge < -0.3 is 14.4 Å². The minimum absolute atomic E-state index is 0.0671. The van der Waals surface area contributed by atoms with Crippen LogP contribution in [0.25, 0.3) is 0 Å². The fraction of sp³-hybridized carbons (Fsp3) is 0.174. The molecule has 0 saturated heterocycles. The molecule has 158 valence electrons. The third-order valence-electron chi connectivity index (χ3n) is 5.44. The smallest absolute Gasteiger partial charge is 0.261 e. The summed E-state index contributed by atoms with van der Waals surface area (Å²) in [6.45, 7) is 2.08. The molecule has 8 heteroatoms. The van der Waals surface area contributed by atoms with Gasteiger partial charge in [0.25, 0.3) is 15.9 Å². The van der Waals surface area contributed by atoms with E-state index in [1.165, 1.54) is 6.07 Å². The van der Waals surface area contributed by atoms with E-state index in [-0.39, 0.29) is 23.6 Å². The Balaban J connectivity index is 1.42. The van der Waals surface area contributed by atoms with Gasteiger partial charge in [-0.05, 0) is 61.4 Å². The average molecular weight is 436 g/mol. The van der Waals surface area contributed by atoms with Crippen molar-refractivity contribution in [2.45, 2.75) is 24.3 Å². The predicted molar refractivity (Wildman–Crippen MR) is 116 cm³/mol. The van der Waals surface area contributed by atoms with E-state index in [0.717, 1.165) is 11.3 Å². The second-order valence-electron chi connectivity index (χ2n) is 7.56. The molecule has 31 heavy (non-hydrogen) atoms. The molecule has 3 aromatic carbocycles. The number of rotatable bonds is 4. The monoisotopic (exact) mass is 436 g/mol. The van der Waals surface area contributed by atoms with Gasteiger partial charge in [0.2, 0.25) is 6.79 Å². The molecule has 1 atom stereocenters. The average Bonchev–Trinajstić information content (AvgIpc) is 3.36. The van der Waals surface area contributed by atoms with E-state index < -0.39 is 10.0 Å². The van der Waals surface area contributed by atoms with E-state index in [9.17, 15) is 13.2 Å². The lowest BCUT2D eigenvalue weighted by Gasteiger charge is -2.23. The van der Waals surface area contributed by atoms with Crippen LogP contribution in [0.2, 0.25) is 0 Å². The molecule has 0 aliphatic carbocycles. The third-order valence-corrected chi connectivity index (χ3v) is 6.82. The molecule has 0 fully saturated rings. The van der Waals surface area contributed by atoms with Crippen molar-refractivity contribution < 1.29 is 22.7 Å². The van der Waals surface area contributed by atoms with Crippen molar-refractivity contribution in [3.8, 4) is 11.5 Å². The molecule has 1 amide bonds. The number of ether oxygens (including phenoxy) is 2. The Morgan fingerprint density at radius 1 is 1.00 bits per heavy atom. The fourth-order valence-corrected chi connectivity index (χ4v) is 5.08. The fourth-order valence-electron chi connectivity index (χ4n) is 3.98. The summed E-state index contributed by atoms with van der Waals surface area (Å²) in [5.41, 5.74) is 2.55. The highest BCUT2D eigenvalue weighted by molar-refractivity contribution is 7.92. The number of anilines is 2. The van der Waals surface area contributed by atoms with E-state index in [1.807, 2.05) is 25.1 Å². The summed E-state index contributed by atoms with van der Waals surface area (Å²) < 4.78 is 39.1. The van der Waals surface area contributed by atoms with Crippen LogP contribution >= 0.6 is 0 Å². The Hall–Kier alpha value is -3.52. The summed E-state index contributed by atoms with van der Waals surface area (Å²) >= 11 is 0. The van der Waals surface area contributed by atoms with Gasteiger partial charge >= 0.3 is 0 Å². The molecular weight excluding hydrogens is 416 g/mol. The molecule has 0 radical (unpaired) electrons. The number of benzene rings is 3. The second kappa shape index (κ2) is 7.31. The van der Waals surface area contributed by atoms with Crippen molar-refractivity contribution in [1.82, 2.24) is 0 Å². The molecule has 2 heterocycles. The molecule has 2 aliphatic rings. The highest BCUT2D eigenvalue weighted by Crippen LogP contribution is 2.37. The van der Waals surface area contributed by atoms with E-state index >= 15 is 0 Å². The number of hydrogen-bond donors (Lipinski definition) is 1. The molecule has 0 bridgehead atoms. The lowest BCUT2D eigenvalue weighted by atomic mass is 10.1. The first kappa shape index (κ1) is 19.4. The van der Waals surface area contributed by atoms with Crippen LogP contribution < -0.4 is 19.1 Å². The summed E-state index contributed by atoms with van der Waals surface area (Å²) in [5, 5.41) is 0. The highest BCUT2D eigenvalue weighted by atomic mass is 32.2. The number of nitrogens with one attached hydrogen (secondary N) is 1. The van der Waals surface area contributed by atoms with Crippen LogP contribution in [0, 0.1) is 0 Å².